The Labute approximate surface area is 193 Å². The summed E-state index contributed by atoms with van der Waals surface area (Å²) in [4.78, 5) is 31.2. The van der Waals surface area contributed by atoms with Gasteiger partial charge in [0, 0.05) is 49.0 Å². The molecule has 0 spiro atoms. The van der Waals surface area contributed by atoms with Crippen LogP contribution < -0.4 is 10.6 Å². The highest BCUT2D eigenvalue weighted by Gasteiger charge is 2.12. The molecule has 8 heteroatoms. The molecule has 0 unspecified atom stereocenters. The third-order valence-electron chi connectivity index (χ3n) is 5.92. The monoisotopic (exact) mass is 446 g/mol. The molecular formula is C25H30N6O2. The summed E-state index contributed by atoms with van der Waals surface area (Å²) in [6, 6.07) is 15.4. The maximum atomic E-state index is 12.4. The van der Waals surface area contributed by atoms with E-state index < -0.39 is 0 Å². The van der Waals surface area contributed by atoms with Crippen LogP contribution in [0.5, 0.6) is 0 Å². The maximum absolute atomic E-state index is 12.4. The Kier molecular flexibility index (Phi) is 6.63. The van der Waals surface area contributed by atoms with E-state index in [1.165, 1.54) is 0 Å². The molecule has 8 nitrogen and oxygen atoms in total. The summed E-state index contributed by atoms with van der Waals surface area (Å²) in [6.45, 7) is 8.77. The predicted molar refractivity (Wildman–Crippen MR) is 131 cm³/mol. The molecule has 0 fully saturated rings. The molecule has 4 rings (SSSR count). The van der Waals surface area contributed by atoms with Crippen LogP contribution >= 0.6 is 0 Å². The Bertz CT molecular complexity index is 1280. The standard InChI is InChI=1S/C25H30N6O2/c1-4-29(5-2)24(32)17-30-14-12-19-16-20(10-11-22(19)30)28-25(33)26-13-15-31-18(3)27-21-8-6-7-9-23(21)31/h6-12,14,16H,4-5,13,15,17H2,1-3H3,(H2,26,28,33). The van der Waals surface area contributed by atoms with E-state index in [0.29, 0.717) is 38.4 Å². The van der Waals surface area contributed by atoms with Crippen LogP contribution in [-0.2, 0) is 17.9 Å². The molecule has 0 aliphatic rings. The molecular weight excluding hydrogens is 416 g/mol. The van der Waals surface area contributed by atoms with Gasteiger partial charge >= 0.3 is 6.03 Å². The first kappa shape index (κ1) is 22.4. The minimum atomic E-state index is -0.257. The summed E-state index contributed by atoms with van der Waals surface area (Å²) >= 11 is 0. The number of rotatable bonds is 8. The second-order valence-electron chi connectivity index (χ2n) is 7.96. The number of carbonyl (C=O) groups excluding carboxylic acids is 2. The summed E-state index contributed by atoms with van der Waals surface area (Å²) in [5.74, 6) is 1.02. The van der Waals surface area contributed by atoms with Gasteiger partial charge in [-0.05, 0) is 57.2 Å². The molecule has 2 N–H and O–H groups in total. The fourth-order valence-corrected chi connectivity index (χ4v) is 4.17. The summed E-state index contributed by atoms with van der Waals surface area (Å²) in [6.07, 6.45) is 1.91. The van der Waals surface area contributed by atoms with Gasteiger partial charge in [-0.25, -0.2) is 9.78 Å². The van der Waals surface area contributed by atoms with Gasteiger partial charge in [0.25, 0.3) is 0 Å². The van der Waals surface area contributed by atoms with E-state index in [1.54, 1.807) is 0 Å². The lowest BCUT2D eigenvalue weighted by molar-refractivity contribution is -0.131. The Morgan fingerprint density at radius 3 is 2.61 bits per heavy atom. The zero-order valence-corrected chi connectivity index (χ0v) is 19.3. The lowest BCUT2D eigenvalue weighted by atomic mass is 10.2. The number of fused-ring (bicyclic) bond motifs is 2. The number of aryl methyl sites for hydroxylation is 1. The molecule has 2 aromatic heterocycles. The minimum Gasteiger partial charge on any atom is -0.342 e. The lowest BCUT2D eigenvalue weighted by Gasteiger charge is -2.19. The highest BCUT2D eigenvalue weighted by Crippen LogP contribution is 2.21. The predicted octanol–water partition coefficient (Wildman–Crippen LogP) is 3.99. The van der Waals surface area contributed by atoms with E-state index >= 15 is 0 Å². The zero-order chi connectivity index (χ0) is 23.4. The molecule has 172 valence electrons. The first-order valence-corrected chi connectivity index (χ1v) is 11.3. The summed E-state index contributed by atoms with van der Waals surface area (Å²) in [7, 11) is 0. The number of likely N-dealkylation sites (N-methyl/N-ethyl adjacent to an activating group) is 1. The maximum Gasteiger partial charge on any atom is 0.319 e. The van der Waals surface area contributed by atoms with E-state index in [2.05, 4.69) is 20.2 Å². The van der Waals surface area contributed by atoms with Gasteiger partial charge in [-0.15, -0.1) is 0 Å². The Balaban J connectivity index is 1.35. The first-order valence-electron chi connectivity index (χ1n) is 11.3. The fourth-order valence-electron chi connectivity index (χ4n) is 4.17. The van der Waals surface area contributed by atoms with Gasteiger partial charge in [-0.2, -0.15) is 0 Å². The van der Waals surface area contributed by atoms with Crippen molar-refractivity contribution in [1.29, 1.82) is 0 Å². The number of aromatic nitrogens is 3. The van der Waals surface area contributed by atoms with Crippen molar-refractivity contribution >= 4 is 39.6 Å². The van der Waals surface area contributed by atoms with Gasteiger partial charge < -0.3 is 24.7 Å². The van der Waals surface area contributed by atoms with Crippen molar-refractivity contribution in [3.63, 3.8) is 0 Å². The van der Waals surface area contributed by atoms with Crippen LogP contribution in [0.3, 0.4) is 0 Å². The SMILES string of the molecule is CCN(CC)C(=O)Cn1ccc2cc(NC(=O)NCCn3c(C)nc4ccccc43)ccc21. The smallest absolute Gasteiger partial charge is 0.319 e. The van der Waals surface area contributed by atoms with Crippen LogP contribution in [0, 0.1) is 6.92 Å². The number of para-hydroxylation sites is 2. The highest BCUT2D eigenvalue weighted by atomic mass is 16.2. The fraction of sp³-hybridized carbons (Fsp3) is 0.320. The number of nitrogens with zero attached hydrogens (tertiary/aromatic N) is 4. The molecule has 0 saturated heterocycles. The van der Waals surface area contributed by atoms with Crippen molar-refractivity contribution in [3.05, 3.63) is 60.6 Å². The van der Waals surface area contributed by atoms with E-state index in [4.69, 9.17) is 0 Å². The molecule has 33 heavy (non-hydrogen) atoms. The third kappa shape index (κ3) is 4.84. The minimum absolute atomic E-state index is 0.0972. The normalized spacial score (nSPS) is 11.1. The topological polar surface area (TPSA) is 84.2 Å². The lowest BCUT2D eigenvalue weighted by Crippen LogP contribution is -2.33. The zero-order valence-electron chi connectivity index (χ0n) is 19.3. The number of hydrogen-bond acceptors (Lipinski definition) is 3. The molecule has 0 aliphatic carbocycles. The van der Waals surface area contributed by atoms with Crippen molar-refractivity contribution < 1.29 is 9.59 Å². The summed E-state index contributed by atoms with van der Waals surface area (Å²) in [5, 5.41) is 6.78. The number of urea groups is 1. The van der Waals surface area contributed by atoms with Crippen molar-refractivity contribution in [2.45, 2.75) is 33.9 Å². The van der Waals surface area contributed by atoms with Gasteiger partial charge in [0.15, 0.2) is 0 Å². The van der Waals surface area contributed by atoms with Crippen LogP contribution in [0.1, 0.15) is 19.7 Å². The Morgan fingerprint density at radius 2 is 1.82 bits per heavy atom. The van der Waals surface area contributed by atoms with Crippen molar-refractivity contribution in [2.75, 3.05) is 25.0 Å². The Hall–Kier alpha value is -3.81. The average molecular weight is 447 g/mol. The van der Waals surface area contributed by atoms with Gasteiger partial charge in [-0.3, -0.25) is 4.79 Å². The van der Waals surface area contributed by atoms with E-state index in [-0.39, 0.29) is 11.9 Å². The van der Waals surface area contributed by atoms with Crippen LogP contribution in [0.15, 0.2) is 54.7 Å². The Morgan fingerprint density at radius 1 is 1.03 bits per heavy atom. The second kappa shape index (κ2) is 9.77. The summed E-state index contributed by atoms with van der Waals surface area (Å²) < 4.78 is 4.04. The van der Waals surface area contributed by atoms with Crippen LogP contribution in [-0.4, -0.2) is 50.6 Å². The van der Waals surface area contributed by atoms with E-state index in [1.807, 2.05) is 85.0 Å². The number of benzene rings is 2. The van der Waals surface area contributed by atoms with Gasteiger partial charge in [0.2, 0.25) is 5.91 Å². The molecule has 0 radical (unpaired) electrons. The van der Waals surface area contributed by atoms with Gasteiger partial charge in [0.1, 0.15) is 12.4 Å². The number of nitrogens with one attached hydrogen (secondary N) is 2. The molecule has 0 aliphatic heterocycles. The second-order valence-corrected chi connectivity index (χ2v) is 7.96. The molecule has 2 heterocycles. The third-order valence-corrected chi connectivity index (χ3v) is 5.92. The van der Waals surface area contributed by atoms with Gasteiger partial charge in [-0.1, -0.05) is 12.1 Å². The number of carbonyl (C=O) groups is 2. The number of amides is 3. The highest BCUT2D eigenvalue weighted by molar-refractivity contribution is 5.93. The van der Waals surface area contributed by atoms with E-state index in [0.717, 1.165) is 27.8 Å². The van der Waals surface area contributed by atoms with Crippen LogP contribution in [0.2, 0.25) is 0 Å². The van der Waals surface area contributed by atoms with Crippen molar-refractivity contribution in [2.24, 2.45) is 0 Å². The van der Waals surface area contributed by atoms with Crippen LogP contribution in [0.4, 0.5) is 10.5 Å². The largest absolute Gasteiger partial charge is 0.342 e. The molecule has 4 aromatic rings. The van der Waals surface area contributed by atoms with Crippen molar-refractivity contribution in [3.8, 4) is 0 Å². The number of imidazole rings is 1. The average Bonchev–Trinajstić information content (AvgIpc) is 3.34. The molecule has 0 saturated carbocycles. The number of hydrogen-bond donors (Lipinski definition) is 2. The number of anilines is 1. The summed E-state index contributed by atoms with van der Waals surface area (Å²) in [5.41, 5.74) is 3.69. The molecule has 0 atom stereocenters. The van der Waals surface area contributed by atoms with Crippen LogP contribution in [0.25, 0.3) is 21.9 Å². The van der Waals surface area contributed by atoms with Crippen molar-refractivity contribution in [1.82, 2.24) is 24.3 Å². The quantitative estimate of drug-likeness (QED) is 0.429. The van der Waals surface area contributed by atoms with E-state index in [9.17, 15) is 9.59 Å². The first-order chi connectivity index (χ1) is 16.0. The van der Waals surface area contributed by atoms with Gasteiger partial charge in [0.05, 0.1) is 11.0 Å². The molecule has 3 amide bonds. The molecule has 2 aromatic carbocycles. The molecule has 0 bridgehead atoms.